The van der Waals surface area contributed by atoms with Crippen LogP contribution < -0.4 is 0 Å². The second-order valence-corrected chi connectivity index (χ2v) is 5.92. The predicted octanol–water partition coefficient (Wildman–Crippen LogP) is 2.10. The maximum Gasteiger partial charge on any atom is 0.408 e. The molecular formula is C16H20N2O3. The summed E-state index contributed by atoms with van der Waals surface area (Å²) < 4.78 is 0. The number of nitrogens with zero attached hydrogens (tertiary/aromatic N) is 2. The van der Waals surface area contributed by atoms with E-state index >= 15 is 0 Å². The normalized spacial score (nSPS) is 24.8. The Kier molecular flexibility index (Phi) is 3.57. The molecule has 0 aliphatic carbocycles. The summed E-state index contributed by atoms with van der Waals surface area (Å²) in [5, 5.41) is 9.45. The van der Waals surface area contributed by atoms with Crippen LogP contribution in [0.25, 0.3) is 0 Å². The third-order valence-electron chi connectivity index (χ3n) is 4.62. The van der Waals surface area contributed by atoms with E-state index in [4.69, 9.17) is 0 Å². The monoisotopic (exact) mass is 288 g/mol. The van der Waals surface area contributed by atoms with Crippen LogP contribution in [-0.4, -0.2) is 45.5 Å². The molecule has 21 heavy (non-hydrogen) atoms. The van der Waals surface area contributed by atoms with Crippen molar-refractivity contribution < 1.29 is 14.7 Å². The summed E-state index contributed by atoms with van der Waals surface area (Å²) in [6.45, 7) is 3.07. The highest BCUT2D eigenvalue weighted by atomic mass is 16.4. The molecular weight excluding hydrogens is 268 g/mol. The van der Waals surface area contributed by atoms with E-state index in [1.54, 1.807) is 0 Å². The van der Waals surface area contributed by atoms with Crippen LogP contribution in [0.5, 0.6) is 0 Å². The SMILES string of the molecule is C[C@H]1CCCN1C(=O)[C@@H]1Cc2ccccc2CN1C(=O)O. The Morgan fingerprint density at radius 1 is 1.19 bits per heavy atom. The molecule has 3 rings (SSSR count). The van der Waals surface area contributed by atoms with Gasteiger partial charge in [0.05, 0.1) is 6.54 Å². The van der Waals surface area contributed by atoms with Crippen molar-refractivity contribution in [3.63, 3.8) is 0 Å². The van der Waals surface area contributed by atoms with Crippen LogP contribution in [-0.2, 0) is 17.8 Å². The Morgan fingerprint density at radius 3 is 2.52 bits per heavy atom. The molecule has 1 saturated heterocycles. The minimum Gasteiger partial charge on any atom is -0.465 e. The lowest BCUT2D eigenvalue weighted by Gasteiger charge is -2.37. The molecule has 0 unspecified atom stereocenters. The zero-order valence-electron chi connectivity index (χ0n) is 12.2. The van der Waals surface area contributed by atoms with Gasteiger partial charge in [-0.25, -0.2) is 4.79 Å². The number of rotatable bonds is 1. The highest BCUT2D eigenvalue weighted by Gasteiger charge is 2.39. The number of fused-ring (bicyclic) bond motifs is 1. The number of amides is 2. The van der Waals surface area contributed by atoms with E-state index in [2.05, 4.69) is 0 Å². The molecule has 0 spiro atoms. The van der Waals surface area contributed by atoms with E-state index in [1.165, 1.54) is 4.90 Å². The van der Waals surface area contributed by atoms with Crippen LogP contribution in [0, 0.1) is 0 Å². The summed E-state index contributed by atoms with van der Waals surface area (Å²) >= 11 is 0. The van der Waals surface area contributed by atoms with Crippen LogP contribution in [0.15, 0.2) is 24.3 Å². The summed E-state index contributed by atoms with van der Waals surface area (Å²) in [5.41, 5.74) is 2.08. The molecule has 2 amide bonds. The van der Waals surface area contributed by atoms with E-state index in [1.807, 2.05) is 36.1 Å². The number of benzene rings is 1. The highest BCUT2D eigenvalue weighted by molar-refractivity contribution is 5.86. The molecule has 5 heteroatoms. The van der Waals surface area contributed by atoms with Gasteiger partial charge < -0.3 is 10.0 Å². The molecule has 0 aromatic heterocycles. The van der Waals surface area contributed by atoms with E-state index in [9.17, 15) is 14.7 Å². The molecule has 0 bridgehead atoms. The minimum atomic E-state index is -1.02. The maximum absolute atomic E-state index is 12.8. The second kappa shape index (κ2) is 5.39. The fraction of sp³-hybridized carbons (Fsp3) is 0.500. The minimum absolute atomic E-state index is 0.0445. The Hall–Kier alpha value is -2.04. The first kappa shape index (κ1) is 13.9. The number of carbonyl (C=O) groups excluding carboxylic acids is 1. The van der Waals surface area contributed by atoms with Crippen molar-refractivity contribution in [3.05, 3.63) is 35.4 Å². The van der Waals surface area contributed by atoms with Gasteiger partial charge in [0.25, 0.3) is 0 Å². The van der Waals surface area contributed by atoms with Crippen LogP contribution in [0.3, 0.4) is 0 Å². The van der Waals surface area contributed by atoms with Crippen LogP contribution in [0.2, 0.25) is 0 Å². The van der Waals surface area contributed by atoms with Gasteiger partial charge in [-0.15, -0.1) is 0 Å². The van der Waals surface area contributed by atoms with Gasteiger partial charge in [0.1, 0.15) is 6.04 Å². The van der Waals surface area contributed by atoms with Crippen LogP contribution in [0.1, 0.15) is 30.9 Å². The van der Waals surface area contributed by atoms with Crippen molar-refractivity contribution in [1.29, 1.82) is 0 Å². The largest absolute Gasteiger partial charge is 0.465 e. The van der Waals surface area contributed by atoms with Gasteiger partial charge in [-0.3, -0.25) is 9.69 Å². The van der Waals surface area contributed by atoms with Gasteiger partial charge in [-0.1, -0.05) is 24.3 Å². The molecule has 0 saturated carbocycles. The van der Waals surface area contributed by atoms with Crippen molar-refractivity contribution in [2.45, 2.75) is 44.8 Å². The first-order chi connectivity index (χ1) is 10.1. The van der Waals surface area contributed by atoms with Crippen LogP contribution >= 0.6 is 0 Å². The number of carbonyl (C=O) groups is 2. The summed E-state index contributed by atoms with van der Waals surface area (Å²) in [6.07, 6.45) is 1.46. The van der Waals surface area contributed by atoms with Crippen molar-refractivity contribution in [3.8, 4) is 0 Å². The molecule has 0 radical (unpaired) electrons. The number of hydrogen-bond acceptors (Lipinski definition) is 2. The van der Waals surface area contributed by atoms with Gasteiger partial charge in [-0.2, -0.15) is 0 Å². The van der Waals surface area contributed by atoms with E-state index < -0.39 is 12.1 Å². The third kappa shape index (κ3) is 2.48. The fourth-order valence-electron chi connectivity index (χ4n) is 3.40. The molecule has 1 N–H and O–H groups in total. The smallest absolute Gasteiger partial charge is 0.408 e. The fourth-order valence-corrected chi connectivity index (χ4v) is 3.40. The van der Waals surface area contributed by atoms with Crippen LogP contribution in [0.4, 0.5) is 4.79 Å². The maximum atomic E-state index is 12.8. The second-order valence-electron chi connectivity index (χ2n) is 5.92. The molecule has 1 aromatic rings. The molecule has 112 valence electrons. The van der Waals surface area contributed by atoms with Gasteiger partial charge in [0.15, 0.2) is 0 Å². The Labute approximate surface area is 124 Å². The lowest BCUT2D eigenvalue weighted by Crippen LogP contribution is -2.53. The average Bonchev–Trinajstić information content (AvgIpc) is 2.91. The van der Waals surface area contributed by atoms with Crippen molar-refractivity contribution in [2.75, 3.05) is 6.54 Å². The van der Waals surface area contributed by atoms with Gasteiger partial charge in [-0.05, 0) is 30.9 Å². The number of carboxylic acid groups (broad SMARTS) is 1. The Bertz CT molecular complexity index is 572. The predicted molar refractivity (Wildman–Crippen MR) is 77.9 cm³/mol. The lowest BCUT2D eigenvalue weighted by molar-refractivity contribution is -0.137. The topological polar surface area (TPSA) is 60.9 Å². The summed E-state index contributed by atoms with van der Waals surface area (Å²) in [6, 6.07) is 7.40. The zero-order valence-corrected chi connectivity index (χ0v) is 12.2. The Morgan fingerprint density at radius 2 is 1.90 bits per heavy atom. The van der Waals surface area contributed by atoms with Crippen molar-refractivity contribution >= 4 is 12.0 Å². The van der Waals surface area contributed by atoms with Gasteiger partial charge in [0, 0.05) is 19.0 Å². The first-order valence-electron chi connectivity index (χ1n) is 7.44. The summed E-state index contributed by atoms with van der Waals surface area (Å²) in [7, 11) is 0. The third-order valence-corrected chi connectivity index (χ3v) is 4.62. The van der Waals surface area contributed by atoms with Gasteiger partial charge in [0.2, 0.25) is 5.91 Å². The van der Waals surface area contributed by atoms with Crippen molar-refractivity contribution in [1.82, 2.24) is 9.80 Å². The van der Waals surface area contributed by atoms with Crippen molar-refractivity contribution in [2.24, 2.45) is 0 Å². The molecule has 1 aromatic carbocycles. The molecule has 2 aliphatic heterocycles. The van der Waals surface area contributed by atoms with E-state index in [0.29, 0.717) is 13.0 Å². The summed E-state index contributed by atoms with van der Waals surface area (Å²) in [5.74, 6) is -0.0445. The average molecular weight is 288 g/mol. The number of hydrogen-bond donors (Lipinski definition) is 1. The Balaban J connectivity index is 1.89. The lowest BCUT2D eigenvalue weighted by atomic mass is 9.93. The molecule has 2 heterocycles. The molecule has 5 nitrogen and oxygen atoms in total. The van der Waals surface area contributed by atoms with E-state index in [-0.39, 0.29) is 11.9 Å². The van der Waals surface area contributed by atoms with Gasteiger partial charge >= 0.3 is 6.09 Å². The molecule has 1 fully saturated rings. The molecule has 2 aliphatic rings. The zero-order chi connectivity index (χ0) is 15.0. The first-order valence-corrected chi connectivity index (χ1v) is 7.44. The number of likely N-dealkylation sites (tertiary alicyclic amines) is 1. The van der Waals surface area contributed by atoms with E-state index in [0.717, 1.165) is 30.5 Å². The molecule has 2 atom stereocenters. The highest BCUT2D eigenvalue weighted by Crippen LogP contribution is 2.27. The summed E-state index contributed by atoms with van der Waals surface area (Å²) in [4.78, 5) is 27.4. The standard InChI is InChI=1S/C16H20N2O3/c1-11-5-4-8-17(11)15(19)14-9-12-6-2-3-7-13(12)10-18(14)16(20)21/h2-3,6-7,11,14H,4-5,8-10H2,1H3,(H,20,21)/t11-,14-/m0/s1. The quantitative estimate of drug-likeness (QED) is 0.861.